The van der Waals surface area contributed by atoms with Gasteiger partial charge >= 0.3 is 6.18 Å². The van der Waals surface area contributed by atoms with Gasteiger partial charge in [0.05, 0.1) is 15.5 Å². The van der Waals surface area contributed by atoms with Crippen molar-refractivity contribution < 1.29 is 21.6 Å². The minimum atomic E-state index is -4.67. The van der Waals surface area contributed by atoms with Gasteiger partial charge < -0.3 is 0 Å². The van der Waals surface area contributed by atoms with Crippen LogP contribution in [0, 0.1) is 0 Å². The molecule has 1 aromatic rings. The Kier molecular flexibility index (Phi) is 5.02. The third kappa shape index (κ3) is 3.70. The third-order valence-corrected chi connectivity index (χ3v) is 4.43. The maximum Gasteiger partial charge on any atom is 0.418 e. The summed E-state index contributed by atoms with van der Waals surface area (Å²) in [5.41, 5.74) is -1.27. The molecule has 0 atom stereocenters. The molecule has 21 heavy (non-hydrogen) atoms. The van der Waals surface area contributed by atoms with Gasteiger partial charge in [0.1, 0.15) is 0 Å². The van der Waals surface area contributed by atoms with E-state index >= 15 is 0 Å². The lowest BCUT2D eigenvalue weighted by molar-refractivity contribution is -0.138. The fourth-order valence-electron chi connectivity index (χ4n) is 2.18. The van der Waals surface area contributed by atoms with Gasteiger partial charge in [-0.1, -0.05) is 39.3 Å². The van der Waals surface area contributed by atoms with Crippen LogP contribution in [-0.2, 0) is 16.2 Å². The fourth-order valence-corrected chi connectivity index (χ4v) is 3.71. The Morgan fingerprint density at radius 1 is 1.14 bits per heavy atom. The number of hydrogen-bond donors (Lipinski definition) is 1. The third-order valence-electron chi connectivity index (χ3n) is 3.09. The van der Waals surface area contributed by atoms with E-state index in [0.717, 1.165) is 6.07 Å². The quantitative estimate of drug-likeness (QED) is 0.891. The van der Waals surface area contributed by atoms with Crippen LogP contribution in [0.2, 0.25) is 5.02 Å². The van der Waals surface area contributed by atoms with Crippen LogP contribution in [0.15, 0.2) is 11.0 Å². The predicted molar refractivity (Wildman–Crippen MR) is 76.0 cm³/mol. The average Bonchev–Trinajstić information content (AvgIpc) is 2.23. The van der Waals surface area contributed by atoms with Crippen molar-refractivity contribution in [3.8, 4) is 0 Å². The zero-order valence-electron chi connectivity index (χ0n) is 12.0. The number of nitrogens with two attached hydrogens (primary N) is 1. The summed E-state index contributed by atoms with van der Waals surface area (Å²) in [7, 11) is -4.17. The monoisotopic (exact) mass is 343 g/mol. The molecule has 0 fully saturated rings. The number of alkyl halides is 3. The summed E-state index contributed by atoms with van der Waals surface area (Å²) in [4.78, 5) is -0.348. The number of rotatable bonds is 3. The SMILES string of the molecule is CC(C)c1cc(S(N)(=O)=O)c(C(C)C)c(Cl)c1C(F)(F)F. The van der Waals surface area contributed by atoms with Gasteiger partial charge in [0.25, 0.3) is 0 Å². The molecule has 0 unspecified atom stereocenters. The molecule has 0 aliphatic carbocycles. The van der Waals surface area contributed by atoms with E-state index in [1.807, 2.05) is 0 Å². The standard InChI is InChI=1S/C13H17ClF3NO2S/c1-6(2)8-5-9(21(18,19)20)10(7(3)4)12(14)11(8)13(15,16)17/h5-7H,1-4H3,(H2,18,19,20). The summed E-state index contributed by atoms with van der Waals surface area (Å²) in [6, 6.07) is 0.990. The van der Waals surface area contributed by atoms with Crippen LogP contribution in [-0.4, -0.2) is 8.42 Å². The first-order valence-corrected chi connectivity index (χ1v) is 8.17. The summed E-state index contributed by atoms with van der Waals surface area (Å²) in [5.74, 6) is -1.08. The molecule has 0 heterocycles. The molecule has 1 rings (SSSR count). The number of primary sulfonamides is 1. The molecule has 0 bridgehead atoms. The molecule has 0 spiro atoms. The molecule has 0 saturated carbocycles. The predicted octanol–water partition coefficient (Wildman–Crippen LogP) is 4.25. The molecule has 0 amide bonds. The Hall–Kier alpha value is -0.790. The minimum Gasteiger partial charge on any atom is -0.225 e. The van der Waals surface area contributed by atoms with Crippen molar-refractivity contribution >= 4 is 21.6 Å². The topological polar surface area (TPSA) is 60.2 Å². The maximum atomic E-state index is 13.3. The van der Waals surface area contributed by atoms with Crippen molar-refractivity contribution in [3.05, 3.63) is 27.8 Å². The number of hydrogen-bond acceptors (Lipinski definition) is 2. The zero-order valence-corrected chi connectivity index (χ0v) is 13.6. The Morgan fingerprint density at radius 3 is 1.90 bits per heavy atom. The van der Waals surface area contributed by atoms with Gasteiger partial charge in [-0.15, -0.1) is 0 Å². The van der Waals surface area contributed by atoms with Crippen LogP contribution in [0.4, 0.5) is 13.2 Å². The lowest BCUT2D eigenvalue weighted by atomic mass is 9.91. The summed E-state index contributed by atoms with van der Waals surface area (Å²) < 4.78 is 63.2. The van der Waals surface area contributed by atoms with Crippen molar-refractivity contribution in [1.82, 2.24) is 0 Å². The highest BCUT2D eigenvalue weighted by atomic mass is 35.5. The minimum absolute atomic E-state index is 0.101. The molecule has 0 aromatic heterocycles. The van der Waals surface area contributed by atoms with Crippen LogP contribution in [0.25, 0.3) is 0 Å². The van der Waals surface area contributed by atoms with Crippen molar-refractivity contribution in [2.75, 3.05) is 0 Å². The number of sulfonamides is 1. The van der Waals surface area contributed by atoms with Crippen LogP contribution in [0.3, 0.4) is 0 Å². The lowest BCUT2D eigenvalue weighted by Gasteiger charge is -2.23. The molecule has 1 aromatic carbocycles. The summed E-state index contributed by atoms with van der Waals surface area (Å²) in [6.07, 6.45) is -4.67. The fraction of sp³-hybridized carbons (Fsp3) is 0.538. The molecule has 120 valence electrons. The first kappa shape index (κ1) is 18.3. The Balaban J connectivity index is 3.99. The van der Waals surface area contributed by atoms with Crippen molar-refractivity contribution in [2.24, 2.45) is 5.14 Å². The van der Waals surface area contributed by atoms with Gasteiger partial charge in [-0.2, -0.15) is 13.2 Å². The summed E-state index contributed by atoms with van der Waals surface area (Å²) in [5, 5.41) is 4.53. The Bertz CT molecular complexity index is 652. The van der Waals surface area contributed by atoms with Gasteiger partial charge in [-0.25, -0.2) is 13.6 Å². The molecular formula is C13H17ClF3NO2S. The molecule has 2 N–H and O–H groups in total. The molecule has 3 nitrogen and oxygen atoms in total. The van der Waals surface area contributed by atoms with Crippen molar-refractivity contribution in [1.29, 1.82) is 0 Å². The van der Waals surface area contributed by atoms with Gasteiger partial charge in [0.15, 0.2) is 0 Å². The van der Waals surface area contributed by atoms with E-state index in [1.165, 1.54) is 13.8 Å². The second-order valence-corrected chi connectivity index (χ2v) is 7.33. The van der Waals surface area contributed by atoms with Crippen LogP contribution >= 0.6 is 11.6 Å². The Morgan fingerprint density at radius 2 is 1.62 bits per heavy atom. The molecule has 8 heteroatoms. The average molecular weight is 344 g/mol. The van der Waals surface area contributed by atoms with Crippen molar-refractivity contribution in [2.45, 2.75) is 50.6 Å². The second kappa shape index (κ2) is 5.78. The molecule has 0 aliphatic heterocycles. The lowest BCUT2D eigenvalue weighted by Crippen LogP contribution is -2.20. The highest BCUT2D eigenvalue weighted by Gasteiger charge is 2.39. The van der Waals surface area contributed by atoms with Crippen LogP contribution in [0.1, 0.15) is 56.2 Å². The second-order valence-electron chi connectivity index (χ2n) is 5.42. The first-order valence-electron chi connectivity index (χ1n) is 6.24. The van der Waals surface area contributed by atoms with Gasteiger partial charge in [0.2, 0.25) is 10.0 Å². The normalized spacial score (nSPS) is 13.3. The number of benzene rings is 1. The van der Waals surface area contributed by atoms with Crippen molar-refractivity contribution in [3.63, 3.8) is 0 Å². The van der Waals surface area contributed by atoms with E-state index in [-0.39, 0.29) is 16.0 Å². The summed E-state index contributed by atoms with van der Waals surface area (Å²) >= 11 is 5.91. The van der Waals surface area contributed by atoms with Gasteiger partial charge in [-0.05, 0) is 29.0 Å². The molecule has 0 radical (unpaired) electrons. The molecule has 0 saturated heterocycles. The maximum absolute atomic E-state index is 13.3. The first-order chi connectivity index (χ1) is 9.28. The van der Waals surface area contributed by atoms with E-state index in [2.05, 4.69) is 0 Å². The zero-order chi connectivity index (χ0) is 16.7. The van der Waals surface area contributed by atoms with E-state index in [9.17, 15) is 21.6 Å². The Labute approximate surface area is 127 Å². The summed E-state index contributed by atoms with van der Waals surface area (Å²) in [6.45, 7) is 6.18. The largest absolute Gasteiger partial charge is 0.418 e. The number of halogens is 4. The van der Waals surface area contributed by atoms with Crippen LogP contribution in [0.5, 0.6) is 0 Å². The van der Waals surface area contributed by atoms with E-state index in [0.29, 0.717) is 0 Å². The smallest absolute Gasteiger partial charge is 0.225 e. The van der Waals surface area contributed by atoms with Gasteiger partial charge in [0, 0.05) is 0 Å². The van der Waals surface area contributed by atoms with Gasteiger partial charge in [-0.3, -0.25) is 0 Å². The molecular weight excluding hydrogens is 327 g/mol. The molecule has 0 aliphatic rings. The highest BCUT2D eigenvalue weighted by Crippen LogP contribution is 2.45. The van der Waals surface area contributed by atoms with E-state index < -0.39 is 38.6 Å². The van der Waals surface area contributed by atoms with Crippen LogP contribution < -0.4 is 5.14 Å². The highest BCUT2D eigenvalue weighted by molar-refractivity contribution is 7.89. The van der Waals surface area contributed by atoms with E-state index in [4.69, 9.17) is 16.7 Å². The van der Waals surface area contributed by atoms with E-state index in [1.54, 1.807) is 13.8 Å².